The maximum atomic E-state index is 12.8. The van der Waals surface area contributed by atoms with Gasteiger partial charge in [0, 0.05) is 18.7 Å². The lowest BCUT2D eigenvalue weighted by molar-refractivity contribution is -0.137. The summed E-state index contributed by atoms with van der Waals surface area (Å²) in [5.41, 5.74) is -0.536. The Morgan fingerprint density at radius 3 is 2.71 bits per heavy atom. The highest BCUT2D eigenvalue weighted by molar-refractivity contribution is 5.95. The number of carbonyl (C=O) groups is 1. The second kappa shape index (κ2) is 5.92. The number of nitrogens with zero attached hydrogens (tertiary/aromatic N) is 1. The fourth-order valence-electron chi connectivity index (χ4n) is 2.68. The third kappa shape index (κ3) is 3.46. The van der Waals surface area contributed by atoms with Crippen LogP contribution in [0.4, 0.5) is 13.2 Å². The largest absolute Gasteiger partial charge is 0.416 e. The van der Waals surface area contributed by atoms with Gasteiger partial charge in [0.15, 0.2) is 0 Å². The van der Waals surface area contributed by atoms with Gasteiger partial charge in [-0.3, -0.25) is 4.79 Å². The molecule has 21 heavy (non-hydrogen) atoms. The van der Waals surface area contributed by atoms with Gasteiger partial charge in [-0.15, -0.1) is 0 Å². The van der Waals surface area contributed by atoms with Crippen LogP contribution in [0, 0.1) is 5.92 Å². The molecule has 1 aromatic carbocycles. The van der Waals surface area contributed by atoms with Crippen LogP contribution in [-0.2, 0) is 6.18 Å². The molecular formula is C16H18F3NO. The summed E-state index contributed by atoms with van der Waals surface area (Å²) in [7, 11) is 0. The first kappa shape index (κ1) is 15.6. The van der Waals surface area contributed by atoms with Crippen molar-refractivity contribution < 1.29 is 18.0 Å². The maximum Gasteiger partial charge on any atom is 0.416 e. The number of amides is 1. The van der Waals surface area contributed by atoms with Gasteiger partial charge in [0.2, 0.25) is 0 Å². The Hall–Kier alpha value is -1.78. The number of piperidine rings is 1. The molecular weight excluding hydrogens is 279 g/mol. The summed E-state index contributed by atoms with van der Waals surface area (Å²) in [5, 5.41) is 0. The minimum absolute atomic E-state index is 0.0570. The van der Waals surface area contributed by atoms with Crippen molar-refractivity contribution in [1.82, 2.24) is 4.90 Å². The van der Waals surface area contributed by atoms with Gasteiger partial charge in [-0.1, -0.05) is 19.6 Å². The molecule has 0 aromatic heterocycles. The summed E-state index contributed by atoms with van der Waals surface area (Å²) in [5.74, 6) is 0.217. The minimum atomic E-state index is -4.44. The van der Waals surface area contributed by atoms with E-state index in [2.05, 4.69) is 13.5 Å². The summed E-state index contributed by atoms with van der Waals surface area (Å²) in [6.07, 6.45) is -1.29. The number of alkyl halides is 3. The van der Waals surface area contributed by atoms with Crippen molar-refractivity contribution in [3.8, 4) is 0 Å². The quantitative estimate of drug-likeness (QED) is 0.800. The lowest BCUT2D eigenvalue weighted by atomic mass is 9.98. The average molecular weight is 297 g/mol. The van der Waals surface area contributed by atoms with Crippen molar-refractivity contribution in [3.05, 3.63) is 41.5 Å². The first-order chi connectivity index (χ1) is 9.82. The van der Waals surface area contributed by atoms with Crippen molar-refractivity contribution in [2.75, 3.05) is 13.1 Å². The number of likely N-dealkylation sites (tertiary alicyclic amines) is 1. The van der Waals surface area contributed by atoms with Gasteiger partial charge in [-0.2, -0.15) is 13.2 Å². The first-order valence-corrected chi connectivity index (χ1v) is 6.96. The molecule has 2 rings (SSSR count). The highest BCUT2D eigenvalue weighted by Crippen LogP contribution is 2.33. The Morgan fingerprint density at radius 2 is 2.14 bits per heavy atom. The van der Waals surface area contributed by atoms with Gasteiger partial charge < -0.3 is 4.90 Å². The topological polar surface area (TPSA) is 20.3 Å². The molecule has 0 radical (unpaired) electrons. The molecule has 1 unspecified atom stereocenters. The third-order valence-corrected chi connectivity index (χ3v) is 3.77. The lowest BCUT2D eigenvalue weighted by Gasteiger charge is -2.31. The molecule has 1 saturated heterocycles. The normalized spacial score (nSPS) is 19.4. The standard InChI is InChI=1S/C16H18F3NO/c1-3-12-9-13(6-7-14(12)16(17,18)19)15(21)20-8-4-5-11(2)10-20/h3,6-7,9,11H,1,4-5,8,10H2,2H3. The Balaban J connectivity index is 2.28. The van der Waals surface area contributed by atoms with Crippen LogP contribution in [0.15, 0.2) is 24.8 Å². The van der Waals surface area contributed by atoms with Gasteiger partial charge in [-0.05, 0) is 42.5 Å². The molecule has 0 aliphatic carbocycles. The number of halogens is 3. The van der Waals surface area contributed by atoms with E-state index in [-0.39, 0.29) is 17.0 Å². The molecule has 1 aliphatic rings. The van der Waals surface area contributed by atoms with E-state index in [1.807, 2.05) is 0 Å². The molecule has 1 fully saturated rings. The molecule has 1 atom stereocenters. The Bertz CT molecular complexity index is 551. The zero-order valence-electron chi connectivity index (χ0n) is 11.9. The van der Waals surface area contributed by atoms with Crippen LogP contribution in [0.3, 0.4) is 0 Å². The summed E-state index contributed by atoms with van der Waals surface area (Å²) in [6.45, 7) is 6.79. The van der Waals surface area contributed by atoms with Crippen LogP contribution < -0.4 is 0 Å². The average Bonchev–Trinajstić information content (AvgIpc) is 2.44. The zero-order chi connectivity index (χ0) is 15.6. The molecule has 2 nitrogen and oxygen atoms in total. The highest BCUT2D eigenvalue weighted by atomic mass is 19.4. The van der Waals surface area contributed by atoms with E-state index < -0.39 is 11.7 Å². The summed E-state index contributed by atoms with van der Waals surface area (Å²) in [4.78, 5) is 14.1. The fourth-order valence-corrected chi connectivity index (χ4v) is 2.68. The van der Waals surface area contributed by atoms with Gasteiger partial charge >= 0.3 is 6.18 Å². The highest BCUT2D eigenvalue weighted by Gasteiger charge is 2.33. The van der Waals surface area contributed by atoms with Crippen molar-refractivity contribution in [3.63, 3.8) is 0 Å². The predicted octanol–water partition coefficient (Wildman–Crippen LogP) is 4.22. The zero-order valence-corrected chi connectivity index (χ0v) is 11.9. The first-order valence-electron chi connectivity index (χ1n) is 6.96. The Morgan fingerprint density at radius 1 is 1.43 bits per heavy atom. The van der Waals surface area contributed by atoms with Gasteiger partial charge in [0.05, 0.1) is 5.56 Å². The Kier molecular flexibility index (Phi) is 4.40. The van der Waals surface area contributed by atoms with Crippen molar-refractivity contribution in [2.24, 2.45) is 5.92 Å². The van der Waals surface area contributed by atoms with E-state index in [1.54, 1.807) is 4.90 Å². The van der Waals surface area contributed by atoms with Gasteiger partial charge in [0.1, 0.15) is 0 Å². The number of hydrogen-bond acceptors (Lipinski definition) is 1. The number of hydrogen-bond donors (Lipinski definition) is 0. The van der Waals surface area contributed by atoms with Crippen molar-refractivity contribution in [2.45, 2.75) is 25.9 Å². The molecule has 1 aromatic rings. The fraction of sp³-hybridized carbons (Fsp3) is 0.438. The van der Waals surface area contributed by atoms with Crippen LogP contribution in [-0.4, -0.2) is 23.9 Å². The molecule has 1 heterocycles. The van der Waals surface area contributed by atoms with Gasteiger partial charge in [0.25, 0.3) is 5.91 Å². The van der Waals surface area contributed by atoms with Gasteiger partial charge in [-0.25, -0.2) is 0 Å². The summed E-state index contributed by atoms with van der Waals surface area (Å²) < 4.78 is 38.5. The molecule has 1 amide bonds. The molecule has 5 heteroatoms. The van der Waals surface area contributed by atoms with Crippen molar-refractivity contribution in [1.29, 1.82) is 0 Å². The monoisotopic (exact) mass is 297 g/mol. The second-order valence-corrected chi connectivity index (χ2v) is 5.50. The SMILES string of the molecule is C=Cc1cc(C(=O)N2CCCC(C)C2)ccc1C(F)(F)F. The smallest absolute Gasteiger partial charge is 0.338 e. The van der Waals surface area contributed by atoms with E-state index in [1.165, 1.54) is 12.1 Å². The molecule has 0 spiro atoms. The molecule has 114 valence electrons. The predicted molar refractivity (Wildman–Crippen MR) is 75.8 cm³/mol. The minimum Gasteiger partial charge on any atom is -0.338 e. The molecule has 0 saturated carbocycles. The molecule has 0 bridgehead atoms. The van der Waals surface area contributed by atoms with E-state index in [0.29, 0.717) is 19.0 Å². The second-order valence-electron chi connectivity index (χ2n) is 5.50. The number of benzene rings is 1. The molecule has 1 aliphatic heterocycles. The Labute approximate surface area is 122 Å². The lowest BCUT2D eigenvalue weighted by Crippen LogP contribution is -2.39. The summed E-state index contributed by atoms with van der Waals surface area (Å²) >= 11 is 0. The molecule has 0 N–H and O–H groups in total. The van der Waals surface area contributed by atoms with E-state index in [4.69, 9.17) is 0 Å². The van der Waals surface area contributed by atoms with Crippen LogP contribution >= 0.6 is 0 Å². The van der Waals surface area contributed by atoms with E-state index >= 15 is 0 Å². The van der Waals surface area contributed by atoms with Crippen molar-refractivity contribution >= 4 is 12.0 Å². The third-order valence-electron chi connectivity index (χ3n) is 3.77. The summed E-state index contributed by atoms with van der Waals surface area (Å²) in [6, 6.07) is 3.48. The van der Waals surface area contributed by atoms with E-state index in [9.17, 15) is 18.0 Å². The van der Waals surface area contributed by atoms with Crippen LogP contribution in [0.25, 0.3) is 6.08 Å². The van der Waals surface area contributed by atoms with Crippen LogP contribution in [0.2, 0.25) is 0 Å². The maximum absolute atomic E-state index is 12.8. The number of rotatable bonds is 2. The van der Waals surface area contributed by atoms with Crippen LogP contribution in [0.1, 0.15) is 41.3 Å². The van der Waals surface area contributed by atoms with Crippen LogP contribution in [0.5, 0.6) is 0 Å². The number of carbonyl (C=O) groups excluding carboxylic acids is 1. The van der Waals surface area contributed by atoms with E-state index in [0.717, 1.165) is 25.0 Å².